The van der Waals surface area contributed by atoms with Gasteiger partial charge < -0.3 is 4.42 Å². The lowest BCUT2D eigenvalue weighted by atomic mass is 10.1. The molecule has 2 aromatic carbocycles. The minimum Gasteiger partial charge on any atom is -0.440 e. The first-order chi connectivity index (χ1) is 9.75. The first kappa shape index (κ1) is 12.7. The Kier molecular flexibility index (Phi) is 3.38. The van der Waals surface area contributed by atoms with Gasteiger partial charge >= 0.3 is 0 Å². The van der Waals surface area contributed by atoms with Crippen LogP contribution >= 0.6 is 0 Å². The largest absolute Gasteiger partial charge is 0.440 e. The Balaban J connectivity index is 2.18. The Hall–Kier alpha value is -2.35. The topological polar surface area (TPSA) is 26.0 Å². The first-order valence-corrected chi connectivity index (χ1v) is 6.87. The monoisotopic (exact) mass is 263 g/mol. The van der Waals surface area contributed by atoms with Crippen molar-refractivity contribution in [3.8, 4) is 22.6 Å². The molecule has 3 aromatic rings. The van der Waals surface area contributed by atoms with E-state index in [2.05, 4.69) is 43.1 Å². The molecular weight excluding hydrogens is 246 g/mol. The van der Waals surface area contributed by atoms with Gasteiger partial charge in [-0.15, -0.1) is 0 Å². The van der Waals surface area contributed by atoms with Crippen LogP contribution in [0.2, 0.25) is 0 Å². The lowest BCUT2D eigenvalue weighted by Gasteiger charge is -2.00. The highest BCUT2D eigenvalue weighted by atomic mass is 16.4. The number of oxazole rings is 1. The summed E-state index contributed by atoms with van der Waals surface area (Å²) in [6.07, 6.45) is 0. The van der Waals surface area contributed by atoms with Crippen molar-refractivity contribution in [2.45, 2.75) is 19.8 Å². The molecule has 20 heavy (non-hydrogen) atoms. The third-order valence-electron chi connectivity index (χ3n) is 3.22. The Morgan fingerprint density at radius 2 is 1.35 bits per heavy atom. The highest BCUT2D eigenvalue weighted by molar-refractivity contribution is 5.76. The first-order valence-electron chi connectivity index (χ1n) is 6.87. The Morgan fingerprint density at radius 3 is 1.90 bits per heavy atom. The van der Waals surface area contributed by atoms with Crippen molar-refractivity contribution in [1.29, 1.82) is 0 Å². The summed E-state index contributed by atoms with van der Waals surface area (Å²) in [4.78, 5) is 4.69. The van der Waals surface area contributed by atoms with E-state index in [0.717, 1.165) is 28.5 Å². The third-order valence-corrected chi connectivity index (χ3v) is 3.22. The number of nitrogens with zero attached hydrogens (tertiary/aromatic N) is 1. The molecule has 1 aromatic heterocycles. The van der Waals surface area contributed by atoms with E-state index in [1.54, 1.807) is 0 Å². The molecule has 1 heterocycles. The van der Waals surface area contributed by atoms with E-state index in [-0.39, 0.29) is 5.92 Å². The van der Waals surface area contributed by atoms with E-state index in [4.69, 9.17) is 4.42 Å². The maximum absolute atomic E-state index is 6.01. The van der Waals surface area contributed by atoms with E-state index in [1.807, 2.05) is 36.4 Å². The van der Waals surface area contributed by atoms with Gasteiger partial charge in [0.2, 0.25) is 0 Å². The number of hydrogen-bond donors (Lipinski definition) is 0. The number of benzene rings is 2. The van der Waals surface area contributed by atoms with Gasteiger partial charge in [0.05, 0.1) is 0 Å². The van der Waals surface area contributed by atoms with Crippen molar-refractivity contribution < 1.29 is 4.42 Å². The lowest BCUT2D eigenvalue weighted by Crippen LogP contribution is -1.86. The molecule has 0 amide bonds. The van der Waals surface area contributed by atoms with Crippen LogP contribution in [0.15, 0.2) is 65.1 Å². The molecule has 0 N–H and O–H groups in total. The summed E-state index contributed by atoms with van der Waals surface area (Å²) in [5, 5.41) is 0. The van der Waals surface area contributed by atoms with Gasteiger partial charge in [0.1, 0.15) is 5.69 Å². The lowest BCUT2D eigenvalue weighted by molar-refractivity contribution is 0.481. The summed E-state index contributed by atoms with van der Waals surface area (Å²) in [6, 6.07) is 20.3. The second-order valence-corrected chi connectivity index (χ2v) is 5.12. The van der Waals surface area contributed by atoms with Gasteiger partial charge in [-0.1, -0.05) is 74.5 Å². The number of aromatic nitrogens is 1. The van der Waals surface area contributed by atoms with Crippen LogP contribution in [-0.4, -0.2) is 4.98 Å². The van der Waals surface area contributed by atoms with Crippen LogP contribution in [0, 0.1) is 0 Å². The molecule has 0 bridgehead atoms. The Bertz CT molecular complexity index is 627. The van der Waals surface area contributed by atoms with E-state index in [0.29, 0.717) is 0 Å². The quantitative estimate of drug-likeness (QED) is 0.654. The molecule has 0 atom stereocenters. The molecule has 0 saturated heterocycles. The van der Waals surface area contributed by atoms with Crippen molar-refractivity contribution >= 4 is 0 Å². The van der Waals surface area contributed by atoms with Crippen LogP contribution in [0.3, 0.4) is 0 Å². The zero-order valence-electron chi connectivity index (χ0n) is 11.7. The molecular formula is C18H17NO. The fourth-order valence-corrected chi connectivity index (χ4v) is 2.16. The van der Waals surface area contributed by atoms with Gasteiger partial charge in [0.25, 0.3) is 0 Å². The van der Waals surface area contributed by atoms with Crippen molar-refractivity contribution in [2.75, 3.05) is 0 Å². The normalized spacial score (nSPS) is 10.9. The summed E-state index contributed by atoms with van der Waals surface area (Å²) in [6.45, 7) is 4.19. The fraction of sp³-hybridized carbons (Fsp3) is 0.167. The molecule has 0 unspecified atom stereocenters. The number of rotatable bonds is 3. The Labute approximate surface area is 119 Å². The smallest absolute Gasteiger partial charge is 0.198 e. The standard InChI is InChI=1S/C18H17NO/c1-13(2)18-19-16(14-9-5-3-6-10-14)17(20-18)15-11-7-4-8-12-15/h3-13H,1-2H3. The Morgan fingerprint density at radius 1 is 0.800 bits per heavy atom. The zero-order chi connectivity index (χ0) is 13.9. The van der Waals surface area contributed by atoms with Crippen LogP contribution in [0.4, 0.5) is 0 Å². The van der Waals surface area contributed by atoms with Crippen LogP contribution in [0.25, 0.3) is 22.6 Å². The van der Waals surface area contributed by atoms with Crippen molar-refractivity contribution in [3.63, 3.8) is 0 Å². The maximum atomic E-state index is 6.01. The molecule has 0 spiro atoms. The van der Waals surface area contributed by atoms with Crippen LogP contribution in [0.5, 0.6) is 0 Å². The highest BCUT2D eigenvalue weighted by Gasteiger charge is 2.17. The number of hydrogen-bond acceptors (Lipinski definition) is 2. The molecule has 2 heteroatoms. The van der Waals surface area contributed by atoms with Gasteiger partial charge in [0.15, 0.2) is 11.7 Å². The van der Waals surface area contributed by atoms with Crippen molar-refractivity contribution in [2.24, 2.45) is 0 Å². The van der Waals surface area contributed by atoms with Crippen molar-refractivity contribution in [1.82, 2.24) is 4.98 Å². The van der Waals surface area contributed by atoms with Crippen LogP contribution in [-0.2, 0) is 0 Å². The average molecular weight is 263 g/mol. The summed E-state index contributed by atoms with van der Waals surface area (Å²) in [5.41, 5.74) is 3.06. The summed E-state index contributed by atoms with van der Waals surface area (Å²) in [7, 11) is 0. The molecule has 0 aliphatic rings. The molecule has 0 aliphatic carbocycles. The summed E-state index contributed by atoms with van der Waals surface area (Å²) >= 11 is 0. The van der Waals surface area contributed by atoms with E-state index in [1.165, 1.54) is 0 Å². The zero-order valence-corrected chi connectivity index (χ0v) is 11.7. The van der Waals surface area contributed by atoms with Gasteiger partial charge in [-0.2, -0.15) is 0 Å². The van der Waals surface area contributed by atoms with E-state index < -0.39 is 0 Å². The summed E-state index contributed by atoms with van der Waals surface area (Å²) in [5.74, 6) is 1.90. The summed E-state index contributed by atoms with van der Waals surface area (Å²) < 4.78 is 6.01. The van der Waals surface area contributed by atoms with Crippen LogP contribution in [0.1, 0.15) is 25.7 Å². The van der Waals surface area contributed by atoms with E-state index >= 15 is 0 Å². The maximum Gasteiger partial charge on any atom is 0.198 e. The second kappa shape index (κ2) is 5.33. The third kappa shape index (κ3) is 2.37. The van der Waals surface area contributed by atoms with Gasteiger partial charge in [0, 0.05) is 17.0 Å². The van der Waals surface area contributed by atoms with Gasteiger partial charge in [-0.25, -0.2) is 4.98 Å². The molecule has 0 aliphatic heterocycles. The SMILES string of the molecule is CC(C)c1nc(-c2ccccc2)c(-c2ccccc2)o1. The van der Waals surface area contributed by atoms with Crippen LogP contribution < -0.4 is 0 Å². The second-order valence-electron chi connectivity index (χ2n) is 5.12. The molecule has 3 rings (SSSR count). The molecule has 0 radical (unpaired) electrons. The molecule has 100 valence electrons. The predicted molar refractivity (Wildman–Crippen MR) is 81.5 cm³/mol. The van der Waals surface area contributed by atoms with Gasteiger partial charge in [-0.3, -0.25) is 0 Å². The molecule has 0 saturated carbocycles. The fourth-order valence-electron chi connectivity index (χ4n) is 2.16. The minimum atomic E-state index is 0.273. The van der Waals surface area contributed by atoms with Crippen molar-refractivity contribution in [3.05, 3.63) is 66.6 Å². The van der Waals surface area contributed by atoms with Gasteiger partial charge in [-0.05, 0) is 0 Å². The average Bonchev–Trinajstić information content (AvgIpc) is 2.94. The highest BCUT2D eigenvalue weighted by Crippen LogP contribution is 2.34. The van der Waals surface area contributed by atoms with E-state index in [9.17, 15) is 0 Å². The molecule has 0 fully saturated rings. The molecule has 2 nitrogen and oxygen atoms in total. The minimum absolute atomic E-state index is 0.273. The predicted octanol–water partition coefficient (Wildman–Crippen LogP) is 5.13.